The monoisotopic (exact) mass is 344 g/mol. The van der Waals surface area contributed by atoms with E-state index < -0.39 is 0 Å². The number of likely N-dealkylation sites (tertiary alicyclic amines) is 1. The largest absolute Gasteiger partial charge is 0.459 e. The number of rotatable bonds is 4. The third kappa shape index (κ3) is 4.74. The van der Waals surface area contributed by atoms with Crippen LogP contribution in [-0.2, 0) is 4.79 Å². The minimum absolute atomic E-state index is 0.100. The summed E-state index contributed by atoms with van der Waals surface area (Å²) in [4.78, 5) is 26.4. The minimum atomic E-state index is -0.163. The first kappa shape index (κ1) is 17.8. The molecule has 2 heterocycles. The molecule has 25 heavy (non-hydrogen) atoms. The molecule has 1 saturated carbocycles. The van der Waals surface area contributed by atoms with Crippen molar-refractivity contribution in [3.63, 3.8) is 0 Å². The fourth-order valence-electron chi connectivity index (χ4n) is 3.75. The molecule has 1 aliphatic heterocycles. The van der Waals surface area contributed by atoms with E-state index in [1.807, 2.05) is 11.8 Å². The van der Waals surface area contributed by atoms with E-state index in [2.05, 4.69) is 11.4 Å². The number of hydrogen-bond donors (Lipinski definition) is 1. The normalized spacial score (nSPS) is 20.1. The van der Waals surface area contributed by atoms with Gasteiger partial charge in [0.1, 0.15) is 0 Å². The van der Waals surface area contributed by atoms with Crippen LogP contribution < -0.4 is 5.32 Å². The molecule has 0 unspecified atom stereocenters. The number of carbonyl (C=O) groups excluding carboxylic acids is 2. The Hall–Kier alpha value is -2.04. The highest BCUT2D eigenvalue weighted by Crippen LogP contribution is 2.24. The van der Waals surface area contributed by atoms with Gasteiger partial charge in [0.25, 0.3) is 5.91 Å². The van der Waals surface area contributed by atoms with Gasteiger partial charge in [-0.25, -0.2) is 0 Å². The predicted octanol–water partition coefficient (Wildman–Crippen LogP) is 3.45. The van der Waals surface area contributed by atoms with Gasteiger partial charge >= 0.3 is 0 Å². The first-order valence-corrected chi connectivity index (χ1v) is 9.45. The molecule has 0 bridgehead atoms. The lowest BCUT2D eigenvalue weighted by atomic mass is 9.89. The second-order valence-electron chi connectivity index (χ2n) is 7.26. The Kier molecular flexibility index (Phi) is 5.95. The van der Waals surface area contributed by atoms with Crippen molar-refractivity contribution >= 4 is 11.8 Å². The Morgan fingerprint density at radius 3 is 2.52 bits per heavy atom. The zero-order chi connectivity index (χ0) is 17.6. The van der Waals surface area contributed by atoms with Crippen molar-refractivity contribution in [2.75, 3.05) is 13.1 Å². The quantitative estimate of drug-likeness (QED) is 0.851. The van der Waals surface area contributed by atoms with Crippen LogP contribution in [0.15, 0.2) is 28.9 Å². The summed E-state index contributed by atoms with van der Waals surface area (Å²) in [6, 6.07) is 1.89. The van der Waals surface area contributed by atoms with Crippen LogP contribution in [0.1, 0.15) is 61.1 Å². The first-order chi connectivity index (χ1) is 12.1. The highest BCUT2D eigenvalue weighted by Gasteiger charge is 2.24. The summed E-state index contributed by atoms with van der Waals surface area (Å²) in [6.07, 6.45) is 13.3. The number of aryl methyl sites for hydroxylation is 1. The average molecular weight is 344 g/mol. The third-order valence-corrected chi connectivity index (χ3v) is 5.37. The Labute approximate surface area is 149 Å². The second kappa shape index (κ2) is 8.37. The summed E-state index contributed by atoms with van der Waals surface area (Å²) >= 11 is 0. The van der Waals surface area contributed by atoms with Gasteiger partial charge in [-0.15, -0.1) is 0 Å². The number of allylic oxidation sites excluding steroid dienone is 1. The van der Waals surface area contributed by atoms with Crippen LogP contribution in [0, 0.1) is 12.8 Å². The predicted molar refractivity (Wildman–Crippen MR) is 96.2 cm³/mol. The van der Waals surface area contributed by atoms with Crippen LogP contribution in [0.4, 0.5) is 0 Å². The summed E-state index contributed by atoms with van der Waals surface area (Å²) in [5, 5.41) is 3.02. The summed E-state index contributed by atoms with van der Waals surface area (Å²) < 4.78 is 5.23. The topological polar surface area (TPSA) is 62.6 Å². The van der Waals surface area contributed by atoms with E-state index in [-0.39, 0.29) is 17.9 Å². The minimum Gasteiger partial charge on any atom is -0.459 e. The zero-order valence-corrected chi connectivity index (χ0v) is 15.0. The number of hydrogen-bond acceptors (Lipinski definition) is 3. The lowest BCUT2D eigenvalue weighted by Gasteiger charge is -2.31. The Bertz CT molecular complexity index is 621. The lowest BCUT2D eigenvalue weighted by molar-refractivity contribution is -0.127. The molecule has 1 aromatic heterocycles. The van der Waals surface area contributed by atoms with E-state index in [9.17, 15) is 9.59 Å². The molecule has 5 heteroatoms. The van der Waals surface area contributed by atoms with Gasteiger partial charge in [-0.2, -0.15) is 0 Å². The van der Waals surface area contributed by atoms with Gasteiger partial charge in [-0.05, 0) is 50.7 Å². The van der Waals surface area contributed by atoms with Crippen LogP contribution in [0.25, 0.3) is 0 Å². The molecule has 0 radical (unpaired) electrons. The maximum Gasteiger partial charge on any atom is 0.287 e. The van der Waals surface area contributed by atoms with E-state index in [1.54, 1.807) is 12.1 Å². The van der Waals surface area contributed by atoms with Gasteiger partial charge in [-0.3, -0.25) is 9.59 Å². The number of piperidine rings is 1. The van der Waals surface area contributed by atoms with Gasteiger partial charge in [0.05, 0.1) is 6.26 Å². The zero-order valence-electron chi connectivity index (χ0n) is 15.0. The first-order valence-electron chi connectivity index (χ1n) is 9.45. The fourth-order valence-corrected chi connectivity index (χ4v) is 3.75. The van der Waals surface area contributed by atoms with Gasteiger partial charge in [-0.1, -0.05) is 25.3 Å². The average Bonchev–Trinajstić information content (AvgIpc) is 3.07. The van der Waals surface area contributed by atoms with Crippen LogP contribution in [-0.4, -0.2) is 35.8 Å². The van der Waals surface area contributed by atoms with Crippen molar-refractivity contribution in [3.8, 4) is 0 Å². The third-order valence-electron chi connectivity index (χ3n) is 5.37. The lowest BCUT2D eigenvalue weighted by Crippen LogP contribution is -2.46. The van der Waals surface area contributed by atoms with Crippen molar-refractivity contribution in [1.82, 2.24) is 10.2 Å². The van der Waals surface area contributed by atoms with E-state index in [1.165, 1.54) is 38.4 Å². The highest BCUT2D eigenvalue weighted by atomic mass is 16.3. The molecule has 1 N–H and O–H groups in total. The maximum absolute atomic E-state index is 12.3. The van der Waals surface area contributed by atoms with E-state index in [0.717, 1.165) is 18.4 Å². The number of nitrogens with zero attached hydrogens (tertiary/aromatic N) is 1. The molecule has 2 aliphatic rings. The molecule has 1 aliphatic carbocycles. The Balaban J connectivity index is 1.43. The van der Waals surface area contributed by atoms with Crippen LogP contribution in [0.2, 0.25) is 0 Å². The van der Waals surface area contributed by atoms with Gasteiger partial charge in [0.2, 0.25) is 5.91 Å². The molecule has 5 nitrogen and oxygen atoms in total. The smallest absolute Gasteiger partial charge is 0.287 e. The Morgan fingerprint density at radius 2 is 1.88 bits per heavy atom. The number of amides is 2. The SMILES string of the molecule is Cc1ccoc1C(=O)NC1CCN(C(=O)/C=C\C2CCCCC2)CC1. The van der Waals surface area contributed by atoms with E-state index in [4.69, 9.17) is 4.42 Å². The van der Waals surface area contributed by atoms with Crippen LogP contribution in [0.3, 0.4) is 0 Å². The highest BCUT2D eigenvalue weighted by molar-refractivity contribution is 5.93. The van der Waals surface area contributed by atoms with Crippen molar-refractivity contribution in [2.45, 2.75) is 57.9 Å². The molecule has 0 atom stereocenters. The Morgan fingerprint density at radius 1 is 1.16 bits per heavy atom. The number of nitrogens with one attached hydrogen (secondary N) is 1. The number of furan rings is 1. The number of carbonyl (C=O) groups is 2. The van der Waals surface area contributed by atoms with Crippen molar-refractivity contribution in [1.29, 1.82) is 0 Å². The molecule has 136 valence electrons. The van der Waals surface area contributed by atoms with Gasteiger partial charge in [0, 0.05) is 24.7 Å². The van der Waals surface area contributed by atoms with Crippen molar-refractivity contribution < 1.29 is 14.0 Å². The summed E-state index contributed by atoms with van der Waals surface area (Å²) in [6.45, 7) is 3.24. The van der Waals surface area contributed by atoms with Gasteiger partial charge < -0.3 is 14.6 Å². The maximum atomic E-state index is 12.3. The molecule has 0 aromatic carbocycles. The summed E-state index contributed by atoms with van der Waals surface area (Å²) in [5.74, 6) is 0.904. The molecule has 1 saturated heterocycles. The fraction of sp³-hybridized carbons (Fsp3) is 0.600. The van der Waals surface area contributed by atoms with Crippen LogP contribution in [0.5, 0.6) is 0 Å². The molecule has 3 rings (SSSR count). The van der Waals surface area contributed by atoms with Gasteiger partial charge in [0.15, 0.2) is 5.76 Å². The van der Waals surface area contributed by atoms with E-state index >= 15 is 0 Å². The summed E-state index contributed by atoms with van der Waals surface area (Å²) in [5.41, 5.74) is 0.845. The summed E-state index contributed by atoms with van der Waals surface area (Å²) in [7, 11) is 0. The van der Waals surface area contributed by atoms with Crippen molar-refractivity contribution in [2.24, 2.45) is 5.92 Å². The van der Waals surface area contributed by atoms with Crippen molar-refractivity contribution in [3.05, 3.63) is 35.8 Å². The molecule has 0 spiro atoms. The molecular formula is C20H28N2O3. The van der Waals surface area contributed by atoms with Crippen LogP contribution >= 0.6 is 0 Å². The second-order valence-corrected chi connectivity index (χ2v) is 7.26. The molecule has 2 fully saturated rings. The van der Waals surface area contributed by atoms with E-state index in [0.29, 0.717) is 24.8 Å². The molecular weight excluding hydrogens is 316 g/mol. The molecule has 2 amide bonds. The standard InChI is InChI=1S/C20H28N2O3/c1-15-11-14-25-19(15)20(24)21-17-9-12-22(13-10-17)18(23)8-7-16-5-3-2-4-6-16/h7-8,11,14,16-17H,2-6,9-10,12-13H2,1H3,(H,21,24)/b8-7-. The molecule has 1 aromatic rings.